The molecule has 0 N–H and O–H groups in total. The van der Waals surface area contributed by atoms with E-state index in [1.807, 2.05) is 0 Å². The van der Waals surface area contributed by atoms with Gasteiger partial charge in [0.15, 0.2) is 0 Å². The number of pyridine rings is 1. The molecule has 0 fully saturated rings. The van der Waals surface area contributed by atoms with Crippen molar-refractivity contribution in [3.05, 3.63) is 60.8 Å². The molecule has 1 aromatic carbocycles. The molecule has 0 aliphatic heterocycles. The van der Waals surface area contributed by atoms with E-state index in [-0.39, 0.29) is 17.4 Å². The Kier molecular flexibility index (Phi) is 4.80. The largest absolute Gasteiger partial charge is 0.488 e. The van der Waals surface area contributed by atoms with Gasteiger partial charge in [-0.25, -0.2) is 4.98 Å². The molecule has 0 bridgehead atoms. The number of aromatic nitrogens is 1. The number of ether oxygens (including phenoxy) is 1. The highest BCUT2D eigenvalue weighted by atomic mass is 79.9. The summed E-state index contributed by atoms with van der Waals surface area (Å²) in [4.78, 5) is 14.2. The molecule has 104 valence electrons. The number of nitrogens with zero attached hydrogens (tertiary/aromatic N) is 2. The normalized spacial score (nSPS) is 10.3. The number of halogens is 3. The number of nitro benzene ring substituents is 1. The Labute approximate surface area is 132 Å². The molecule has 0 aliphatic carbocycles. The first-order valence-corrected chi connectivity index (χ1v) is 6.88. The minimum absolute atomic E-state index is 0.0605. The predicted molar refractivity (Wildman–Crippen MR) is 79.4 cm³/mol. The fourth-order valence-corrected chi connectivity index (χ4v) is 2.32. The third kappa shape index (κ3) is 3.82. The number of nitro groups is 1. The van der Waals surface area contributed by atoms with Crippen LogP contribution in [0.2, 0.25) is 10.2 Å². The number of benzene rings is 1. The predicted octanol–water partition coefficient (Wildman–Crippen LogP) is 4.64. The molecular weight excluding hydrogens is 371 g/mol. The average Bonchev–Trinajstić information content (AvgIpc) is 2.37. The van der Waals surface area contributed by atoms with Gasteiger partial charge in [0.25, 0.3) is 5.69 Å². The van der Waals surface area contributed by atoms with Crippen LogP contribution in [-0.2, 0) is 6.61 Å². The van der Waals surface area contributed by atoms with E-state index in [0.29, 0.717) is 20.8 Å². The molecule has 0 spiro atoms. The minimum Gasteiger partial charge on any atom is -0.488 e. The van der Waals surface area contributed by atoms with Crippen LogP contribution >= 0.6 is 39.1 Å². The highest BCUT2D eigenvalue weighted by molar-refractivity contribution is 9.10. The van der Waals surface area contributed by atoms with Crippen molar-refractivity contribution in [2.75, 3.05) is 0 Å². The first-order valence-electron chi connectivity index (χ1n) is 5.33. The van der Waals surface area contributed by atoms with Gasteiger partial charge in [0.2, 0.25) is 0 Å². The Morgan fingerprint density at radius 3 is 2.70 bits per heavy atom. The first-order chi connectivity index (χ1) is 9.45. The van der Waals surface area contributed by atoms with Crippen molar-refractivity contribution in [2.45, 2.75) is 6.61 Å². The summed E-state index contributed by atoms with van der Waals surface area (Å²) in [5.41, 5.74) is 0.577. The summed E-state index contributed by atoms with van der Waals surface area (Å²) in [7, 11) is 0. The van der Waals surface area contributed by atoms with Gasteiger partial charge in [-0.15, -0.1) is 0 Å². The van der Waals surface area contributed by atoms with Crippen LogP contribution in [0.25, 0.3) is 0 Å². The summed E-state index contributed by atoms with van der Waals surface area (Å²) < 4.78 is 6.04. The third-order valence-corrected chi connectivity index (χ3v) is 3.37. The fraction of sp³-hybridized carbons (Fsp3) is 0.0833. The van der Waals surface area contributed by atoms with E-state index in [2.05, 4.69) is 20.9 Å². The van der Waals surface area contributed by atoms with E-state index in [0.717, 1.165) is 0 Å². The standard InChI is InChI=1S/C12H7BrCl2N2O3/c13-8-1-9(17(18)19)3-10(2-8)20-6-7-5-16-12(15)4-11(7)14/h1-5H,6H2. The number of hydrogen-bond acceptors (Lipinski definition) is 4. The minimum atomic E-state index is -0.492. The number of hydrogen-bond donors (Lipinski definition) is 0. The summed E-state index contributed by atoms with van der Waals surface area (Å²) >= 11 is 14.9. The van der Waals surface area contributed by atoms with E-state index < -0.39 is 4.92 Å². The van der Waals surface area contributed by atoms with Crippen molar-refractivity contribution in [3.8, 4) is 5.75 Å². The van der Waals surface area contributed by atoms with Gasteiger partial charge < -0.3 is 4.74 Å². The quantitative estimate of drug-likeness (QED) is 0.442. The van der Waals surface area contributed by atoms with Gasteiger partial charge in [-0.1, -0.05) is 39.1 Å². The Morgan fingerprint density at radius 1 is 1.30 bits per heavy atom. The summed E-state index contributed by atoms with van der Waals surface area (Å²) in [6, 6.07) is 5.86. The van der Waals surface area contributed by atoms with Gasteiger partial charge in [0.1, 0.15) is 17.5 Å². The molecule has 0 atom stereocenters. The summed E-state index contributed by atoms with van der Waals surface area (Å²) in [6.45, 7) is 0.136. The first kappa shape index (κ1) is 15.0. The zero-order valence-electron chi connectivity index (χ0n) is 9.85. The molecule has 0 saturated carbocycles. The van der Waals surface area contributed by atoms with Crippen LogP contribution in [0.1, 0.15) is 5.56 Å². The zero-order chi connectivity index (χ0) is 14.7. The van der Waals surface area contributed by atoms with Crippen LogP contribution < -0.4 is 4.74 Å². The Balaban J connectivity index is 2.16. The zero-order valence-corrected chi connectivity index (χ0v) is 12.9. The molecule has 20 heavy (non-hydrogen) atoms. The molecule has 0 radical (unpaired) electrons. The van der Waals surface area contributed by atoms with E-state index in [4.69, 9.17) is 27.9 Å². The van der Waals surface area contributed by atoms with Crippen molar-refractivity contribution in [2.24, 2.45) is 0 Å². The van der Waals surface area contributed by atoms with Crippen LogP contribution in [0.15, 0.2) is 34.9 Å². The Morgan fingerprint density at radius 2 is 2.05 bits per heavy atom. The molecule has 0 aliphatic rings. The van der Waals surface area contributed by atoms with Crippen molar-refractivity contribution in [1.82, 2.24) is 4.98 Å². The second-order valence-electron chi connectivity index (χ2n) is 3.79. The molecule has 5 nitrogen and oxygen atoms in total. The summed E-state index contributed by atoms with van der Waals surface area (Å²) in [6.07, 6.45) is 1.50. The lowest BCUT2D eigenvalue weighted by Gasteiger charge is -2.08. The van der Waals surface area contributed by atoms with Gasteiger partial charge in [0, 0.05) is 22.3 Å². The molecular formula is C12H7BrCl2N2O3. The summed E-state index contributed by atoms with van der Waals surface area (Å²) in [5.74, 6) is 0.358. The highest BCUT2D eigenvalue weighted by Gasteiger charge is 2.10. The third-order valence-electron chi connectivity index (χ3n) is 2.36. The average molecular weight is 378 g/mol. The highest BCUT2D eigenvalue weighted by Crippen LogP contribution is 2.27. The van der Waals surface area contributed by atoms with Crippen LogP contribution in [0.5, 0.6) is 5.75 Å². The second-order valence-corrected chi connectivity index (χ2v) is 5.50. The lowest BCUT2D eigenvalue weighted by molar-refractivity contribution is -0.385. The maximum absolute atomic E-state index is 10.8. The Hall–Kier alpha value is -1.37. The topological polar surface area (TPSA) is 65.3 Å². The molecule has 0 saturated heterocycles. The summed E-state index contributed by atoms with van der Waals surface area (Å²) in [5, 5.41) is 11.5. The van der Waals surface area contributed by atoms with Crippen LogP contribution in [0.3, 0.4) is 0 Å². The van der Waals surface area contributed by atoms with Crippen LogP contribution in [-0.4, -0.2) is 9.91 Å². The number of non-ortho nitro benzene ring substituents is 1. The van der Waals surface area contributed by atoms with Crippen LogP contribution in [0, 0.1) is 10.1 Å². The maximum Gasteiger partial charge on any atom is 0.274 e. The van der Waals surface area contributed by atoms with E-state index in [1.54, 1.807) is 6.07 Å². The molecule has 2 rings (SSSR count). The lowest BCUT2D eigenvalue weighted by Crippen LogP contribution is -1.98. The van der Waals surface area contributed by atoms with Crippen molar-refractivity contribution >= 4 is 44.8 Å². The molecule has 2 aromatic rings. The van der Waals surface area contributed by atoms with E-state index >= 15 is 0 Å². The van der Waals surface area contributed by atoms with Crippen molar-refractivity contribution < 1.29 is 9.66 Å². The van der Waals surface area contributed by atoms with Crippen molar-refractivity contribution in [1.29, 1.82) is 0 Å². The van der Waals surface area contributed by atoms with Crippen molar-refractivity contribution in [3.63, 3.8) is 0 Å². The second kappa shape index (κ2) is 6.39. The molecule has 0 amide bonds. The maximum atomic E-state index is 10.8. The smallest absolute Gasteiger partial charge is 0.274 e. The van der Waals surface area contributed by atoms with Gasteiger partial charge in [-0.2, -0.15) is 0 Å². The monoisotopic (exact) mass is 376 g/mol. The van der Waals surface area contributed by atoms with Crippen LogP contribution in [0.4, 0.5) is 5.69 Å². The van der Waals surface area contributed by atoms with Gasteiger partial charge in [-0.3, -0.25) is 10.1 Å². The molecule has 1 aromatic heterocycles. The van der Waals surface area contributed by atoms with Gasteiger partial charge in [-0.05, 0) is 12.1 Å². The lowest BCUT2D eigenvalue weighted by atomic mass is 10.3. The van der Waals surface area contributed by atoms with Gasteiger partial charge in [0.05, 0.1) is 16.0 Å². The molecule has 8 heteroatoms. The SMILES string of the molecule is O=[N+]([O-])c1cc(Br)cc(OCc2cnc(Cl)cc2Cl)c1. The Bertz CT molecular complexity index is 667. The fourth-order valence-electron chi connectivity index (χ4n) is 1.44. The van der Waals surface area contributed by atoms with E-state index in [9.17, 15) is 10.1 Å². The molecule has 1 heterocycles. The van der Waals surface area contributed by atoms with E-state index in [1.165, 1.54) is 24.4 Å². The molecule has 0 unspecified atom stereocenters. The number of rotatable bonds is 4. The van der Waals surface area contributed by atoms with Gasteiger partial charge >= 0.3 is 0 Å².